The van der Waals surface area contributed by atoms with Crippen LogP contribution in [0.15, 0.2) is 48.7 Å². The highest BCUT2D eigenvalue weighted by Gasteiger charge is 2.40. The van der Waals surface area contributed by atoms with Crippen molar-refractivity contribution in [2.75, 3.05) is 18.0 Å². The van der Waals surface area contributed by atoms with E-state index in [0.29, 0.717) is 5.92 Å². The minimum atomic E-state index is -0.00676. The molecule has 1 atom stereocenters. The van der Waals surface area contributed by atoms with Crippen LogP contribution in [-0.2, 0) is 6.61 Å². The summed E-state index contributed by atoms with van der Waals surface area (Å²) in [6.07, 6.45) is 1.78. The number of rotatable bonds is 3. The third kappa shape index (κ3) is 2.79. The molecule has 0 amide bonds. The molecule has 1 fully saturated rings. The fourth-order valence-corrected chi connectivity index (χ4v) is 3.32. The molecule has 0 aliphatic carbocycles. The second kappa shape index (κ2) is 5.49. The highest BCUT2D eigenvalue weighted by molar-refractivity contribution is 5.49. The number of aromatic nitrogens is 1. The van der Waals surface area contributed by atoms with Crippen molar-refractivity contribution >= 4 is 5.69 Å². The minimum absolute atomic E-state index is 0.00676. The third-order valence-electron chi connectivity index (χ3n) is 4.47. The molecule has 1 aromatic carbocycles. The molecule has 0 saturated carbocycles. The van der Waals surface area contributed by atoms with E-state index < -0.39 is 0 Å². The Bertz CT molecular complexity index is 610. The van der Waals surface area contributed by atoms with Crippen molar-refractivity contribution in [1.82, 2.24) is 4.98 Å². The normalized spacial score (nSPS) is 20.7. The summed E-state index contributed by atoms with van der Waals surface area (Å²) in [5, 5.41) is 9.26. The molecule has 1 aliphatic rings. The molecule has 0 spiro atoms. The minimum Gasteiger partial charge on any atom is -0.390 e. The van der Waals surface area contributed by atoms with E-state index in [9.17, 15) is 5.11 Å². The van der Waals surface area contributed by atoms with Gasteiger partial charge < -0.3 is 10.0 Å². The molecule has 1 aliphatic heterocycles. The van der Waals surface area contributed by atoms with Gasteiger partial charge in [0.05, 0.1) is 12.3 Å². The molecule has 2 heterocycles. The Morgan fingerprint density at radius 1 is 1.24 bits per heavy atom. The highest BCUT2D eigenvalue weighted by Crippen LogP contribution is 2.43. The number of aliphatic hydroxyl groups excluding tert-OH is 1. The Kier molecular flexibility index (Phi) is 3.68. The Hall–Kier alpha value is -1.87. The number of benzene rings is 1. The van der Waals surface area contributed by atoms with Gasteiger partial charge in [0.15, 0.2) is 0 Å². The molecule has 1 N–H and O–H groups in total. The molecular weight excluding hydrogens is 260 g/mol. The maximum Gasteiger partial charge on any atom is 0.0853 e. The Morgan fingerprint density at radius 3 is 2.71 bits per heavy atom. The van der Waals surface area contributed by atoms with Gasteiger partial charge >= 0.3 is 0 Å². The van der Waals surface area contributed by atoms with Crippen molar-refractivity contribution in [3.05, 3.63) is 59.9 Å². The zero-order chi connectivity index (χ0) is 14.9. The molecule has 2 aromatic rings. The van der Waals surface area contributed by atoms with Crippen molar-refractivity contribution in [1.29, 1.82) is 0 Å². The summed E-state index contributed by atoms with van der Waals surface area (Å²) in [6, 6.07) is 14.8. The highest BCUT2D eigenvalue weighted by atomic mass is 16.3. The maximum absolute atomic E-state index is 9.26. The van der Waals surface area contributed by atoms with Gasteiger partial charge in [0.2, 0.25) is 0 Å². The van der Waals surface area contributed by atoms with Crippen molar-refractivity contribution < 1.29 is 5.11 Å². The fraction of sp³-hybridized carbons (Fsp3) is 0.389. The predicted octanol–water partition coefficient (Wildman–Crippen LogP) is 3.20. The molecule has 1 unspecified atom stereocenters. The first-order valence-electron chi connectivity index (χ1n) is 7.46. The van der Waals surface area contributed by atoms with Gasteiger partial charge in [-0.2, -0.15) is 0 Å². The Labute approximate surface area is 126 Å². The van der Waals surface area contributed by atoms with Crippen LogP contribution in [-0.4, -0.2) is 23.2 Å². The first-order chi connectivity index (χ1) is 10.1. The van der Waals surface area contributed by atoms with Crippen molar-refractivity contribution in [2.24, 2.45) is 5.41 Å². The van der Waals surface area contributed by atoms with Crippen LogP contribution >= 0.6 is 0 Å². The van der Waals surface area contributed by atoms with E-state index >= 15 is 0 Å². The summed E-state index contributed by atoms with van der Waals surface area (Å²) in [5.41, 5.74) is 3.51. The zero-order valence-corrected chi connectivity index (χ0v) is 12.7. The van der Waals surface area contributed by atoms with Crippen molar-refractivity contribution in [3.63, 3.8) is 0 Å². The van der Waals surface area contributed by atoms with Crippen LogP contribution in [0.2, 0.25) is 0 Å². The Morgan fingerprint density at radius 2 is 2.00 bits per heavy atom. The van der Waals surface area contributed by atoms with E-state index in [1.807, 2.05) is 12.1 Å². The van der Waals surface area contributed by atoms with Crippen LogP contribution in [0.5, 0.6) is 0 Å². The second-order valence-corrected chi connectivity index (χ2v) is 6.50. The van der Waals surface area contributed by atoms with Crippen LogP contribution in [0, 0.1) is 5.41 Å². The molecule has 0 radical (unpaired) electrons. The SMILES string of the molecule is CC1(C)CN(c2ccnc(CO)c2)CC1c1ccccc1. The Balaban J connectivity index is 1.87. The average Bonchev–Trinajstić information content (AvgIpc) is 2.84. The lowest BCUT2D eigenvalue weighted by Crippen LogP contribution is -2.23. The molecule has 21 heavy (non-hydrogen) atoms. The molecule has 3 nitrogen and oxygen atoms in total. The lowest BCUT2D eigenvalue weighted by Gasteiger charge is -2.25. The van der Waals surface area contributed by atoms with Gasteiger partial charge in [-0.25, -0.2) is 0 Å². The summed E-state index contributed by atoms with van der Waals surface area (Å²) in [7, 11) is 0. The lowest BCUT2D eigenvalue weighted by atomic mass is 9.78. The van der Waals surface area contributed by atoms with Crippen LogP contribution in [0.25, 0.3) is 0 Å². The largest absolute Gasteiger partial charge is 0.390 e. The van der Waals surface area contributed by atoms with Crippen LogP contribution in [0.4, 0.5) is 5.69 Å². The molecule has 3 heteroatoms. The summed E-state index contributed by atoms with van der Waals surface area (Å²) in [6.45, 7) is 6.68. The molecule has 3 rings (SSSR count). The maximum atomic E-state index is 9.26. The number of aliphatic hydroxyl groups is 1. The fourth-order valence-electron chi connectivity index (χ4n) is 3.32. The number of hydrogen-bond donors (Lipinski definition) is 1. The molecule has 110 valence electrons. The van der Waals surface area contributed by atoms with E-state index in [2.05, 4.69) is 54.1 Å². The molecular formula is C18H22N2O. The van der Waals surface area contributed by atoms with Crippen LogP contribution in [0.1, 0.15) is 31.0 Å². The first-order valence-corrected chi connectivity index (χ1v) is 7.46. The number of nitrogens with zero attached hydrogens (tertiary/aromatic N) is 2. The lowest BCUT2D eigenvalue weighted by molar-refractivity contribution is 0.277. The van der Waals surface area contributed by atoms with Gasteiger partial charge in [-0.3, -0.25) is 4.98 Å². The van der Waals surface area contributed by atoms with Gasteiger partial charge in [0.1, 0.15) is 0 Å². The monoisotopic (exact) mass is 282 g/mol. The summed E-state index contributed by atoms with van der Waals surface area (Å²) in [5.74, 6) is 0.518. The van der Waals surface area contributed by atoms with Gasteiger partial charge in [-0.15, -0.1) is 0 Å². The smallest absolute Gasteiger partial charge is 0.0853 e. The standard InChI is InChI=1S/C18H22N2O/c1-18(2)13-20(16-8-9-19-15(10-16)12-21)11-17(18)14-6-4-3-5-7-14/h3-10,17,21H,11-13H2,1-2H3. The van der Waals surface area contributed by atoms with Gasteiger partial charge in [-0.1, -0.05) is 44.2 Å². The zero-order valence-electron chi connectivity index (χ0n) is 12.7. The first kappa shape index (κ1) is 14.1. The topological polar surface area (TPSA) is 36.4 Å². The van der Waals surface area contributed by atoms with Crippen LogP contribution in [0.3, 0.4) is 0 Å². The number of pyridine rings is 1. The quantitative estimate of drug-likeness (QED) is 0.939. The summed E-state index contributed by atoms with van der Waals surface area (Å²) >= 11 is 0. The van der Waals surface area contributed by atoms with E-state index in [-0.39, 0.29) is 12.0 Å². The van der Waals surface area contributed by atoms with E-state index in [0.717, 1.165) is 24.5 Å². The van der Waals surface area contributed by atoms with Crippen molar-refractivity contribution in [2.45, 2.75) is 26.4 Å². The average molecular weight is 282 g/mol. The summed E-state index contributed by atoms with van der Waals surface area (Å²) in [4.78, 5) is 6.57. The van der Waals surface area contributed by atoms with Gasteiger partial charge in [0, 0.05) is 30.9 Å². The predicted molar refractivity (Wildman–Crippen MR) is 85.3 cm³/mol. The van der Waals surface area contributed by atoms with Gasteiger partial charge in [-0.05, 0) is 23.1 Å². The van der Waals surface area contributed by atoms with E-state index in [1.165, 1.54) is 5.56 Å². The van der Waals surface area contributed by atoms with Crippen LogP contribution < -0.4 is 4.90 Å². The van der Waals surface area contributed by atoms with E-state index in [4.69, 9.17) is 0 Å². The number of hydrogen-bond acceptors (Lipinski definition) is 3. The van der Waals surface area contributed by atoms with E-state index in [1.54, 1.807) is 6.20 Å². The third-order valence-corrected chi connectivity index (χ3v) is 4.47. The molecule has 1 aromatic heterocycles. The second-order valence-electron chi connectivity index (χ2n) is 6.50. The van der Waals surface area contributed by atoms with Gasteiger partial charge in [0.25, 0.3) is 0 Å². The summed E-state index contributed by atoms with van der Waals surface area (Å²) < 4.78 is 0. The molecule has 1 saturated heterocycles. The van der Waals surface area contributed by atoms with Crippen molar-refractivity contribution in [3.8, 4) is 0 Å². The molecule has 0 bridgehead atoms. The number of anilines is 1.